The number of nitrogens with zero attached hydrogens (tertiary/aromatic N) is 4. The quantitative estimate of drug-likeness (QED) is 0.647. The number of nitrogens with one attached hydrogen (secondary N) is 1. The van der Waals surface area contributed by atoms with Gasteiger partial charge in [-0.25, -0.2) is 0 Å². The molecule has 1 amide bonds. The van der Waals surface area contributed by atoms with Crippen molar-refractivity contribution in [3.63, 3.8) is 0 Å². The van der Waals surface area contributed by atoms with E-state index in [-0.39, 0.29) is 11.2 Å². The lowest BCUT2D eigenvalue weighted by Gasteiger charge is -2.11. The molecule has 0 aliphatic rings. The number of aryl methyl sites for hydroxylation is 1. The highest BCUT2D eigenvalue weighted by atomic mass is 32.2. The molecule has 0 aliphatic carbocycles. The number of carbonyl (C=O) groups is 1. The molecule has 1 atom stereocenters. The van der Waals surface area contributed by atoms with E-state index in [0.717, 1.165) is 11.3 Å². The lowest BCUT2D eigenvalue weighted by Crippen LogP contribution is -2.30. The summed E-state index contributed by atoms with van der Waals surface area (Å²) in [5.41, 5.74) is 1.94. The molecule has 0 bridgehead atoms. The third-order valence-corrected chi connectivity index (χ3v) is 4.17. The second-order valence-corrected chi connectivity index (χ2v) is 5.95. The smallest absolute Gasteiger partial charge is 0.275 e. The van der Waals surface area contributed by atoms with E-state index < -0.39 is 0 Å². The van der Waals surface area contributed by atoms with Crippen molar-refractivity contribution in [2.24, 2.45) is 12.2 Å². The average molecular weight is 333 g/mol. The molecule has 2 rings (SSSR count). The van der Waals surface area contributed by atoms with E-state index in [1.165, 1.54) is 18.9 Å². The molecule has 0 radical (unpaired) electrons. The van der Waals surface area contributed by atoms with Crippen LogP contribution in [0.25, 0.3) is 11.3 Å². The molecule has 0 aromatic carbocycles. The van der Waals surface area contributed by atoms with Gasteiger partial charge in [0, 0.05) is 31.1 Å². The maximum atomic E-state index is 12.4. The van der Waals surface area contributed by atoms with Gasteiger partial charge in [0.05, 0.1) is 10.9 Å². The van der Waals surface area contributed by atoms with E-state index in [4.69, 9.17) is 4.84 Å². The lowest BCUT2D eigenvalue weighted by atomic mass is 10.2. The second kappa shape index (κ2) is 7.77. The van der Waals surface area contributed by atoms with Gasteiger partial charge < -0.3 is 10.2 Å². The summed E-state index contributed by atoms with van der Waals surface area (Å²) in [4.78, 5) is 21.3. The van der Waals surface area contributed by atoms with Gasteiger partial charge in [0.15, 0.2) is 5.71 Å². The van der Waals surface area contributed by atoms with E-state index in [1.807, 2.05) is 25.3 Å². The fourth-order valence-corrected chi connectivity index (χ4v) is 2.30. The molecule has 2 aromatic heterocycles. The lowest BCUT2D eigenvalue weighted by molar-refractivity contribution is -0.110. The molecule has 0 fully saturated rings. The van der Waals surface area contributed by atoms with Gasteiger partial charge >= 0.3 is 0 Å². The molecule has 0 spiro atoms. The van der Waals surface area contributed by atoms with Crippen LogP contribution in [0.2, 0.25) is 0 Å². The second-order valence-electron chi connectivity index (χ2n) is 4.77. The van der Waals surface area contributed by atoms with Crippen molar-refractivity contribution in [1.29, 1.82) is 0 Å². The van der Waals surface area contributed by atoms with Crippen LogP contribution >= 0.6 is 11.8 Å². The molecule has 0 aliphatic heterocycles. The molecule has 0 saturated heterocycles. The van der Waals surface area contributed by atoms with E-state index >= 15 is 0 Å². The van der Waals surface area contributed by atoms with Crippen LogP contribution in [0, 0.1) is 0 Å². The Morgan fingerprint density at radius 1 is 1.52 bits per heavy atom. The summed E-state index contributed by atoms with van der Waals surface area (Å²) in [6.45, 7) is 1.90. The number of rotatable bonds is 6. The van der Waals surface area contributed by atoms with Gasteiger partial charge in [0.1, 0.15) is 12.9 Å². The maximum Gasteiger partial charge on any atom is 0.275 e. The Labute approximate surface area is 139 Å². The van der Waals surface area contributed by atoms with Gasteiger partial charge in [0.25, 0.3) is 5.91 Å². The molecule has 2 aromatic rings. The average Bonchev–Trinajstić information content (AvgIpc) is 2.93. The largest absolute Gasteiger partial charge is 0.399 e. The molecular weight excluding hydrogens is 314 g/mol. The Hall–Kier alpha value is -2.35. The normalized spacial score (nSPS) is 12.8. The summed E-state index contributed by atoms with van der Waals surface area (Å²) in [7, 11) is 3.19. The predicted molar refractivity (Wildman–Crippen MR) is 92.5 cm³/mol. The van der Waals surface area contributed by atoms with Crippen LogP contribution in [0.5, 0.6) is 0 Å². The van der Waals surface area contributed by atoms with Gasteiger partial charge in [-0.15, -0.1) is 0 Å². The first kappa shape index (κ1) is 17.0. The summed E-state index contributed by atoms with van der Waals surface area (Å²) >= 11 is 1.52. The minimum absolute atomic E-state index is 0.0824. The molecule has 8 heteroatoms. The standard InChI is InChI=1S/C15H19N5O2S/c1-10(23-4)14(19-22-3)15(21)17-13-8-12(18-20(13)2)11-6-5-7-16-9-11/h5-10H,1-4H3,(H,17,21). The number of pyridine rings is 1. The van der Waals surface area contributed by atoms with Crippen LogP contribution in [0.1, 0.15) is 6.92 Å². The highest BCUT2D eigenvalue weighted by Gasteiger charge is 2.21. The summed E-state index contributed by atoms with van der Waals surface area (Å²) in [6, 6.07) is 5.55. The molecule has 1 N–H and O–H groups in total. The van der Waals surface area contributed by atoms with Crippen LogP contribution in [-0.4, -0.2) is 45.0 Å². The molecule has 122 valence electrons. The van der Waals surface area contributed by atoms with E-state index in [2.05, 4.69) is 20.6 Å². The first-order valence-corrected chi connectivity index (χ1v) is 8.25. The zero-order valence-electron chi connectivity index (χ0n) is 13.5. The summed E-state index contributed by atoms with van der Waals surface area (Å²) in [5, 5.41) is 11.0. The summed E-state index contributed by atoms with van der Waals surface area (Å²) in [5.74, 6) is 0.264. The monoisotopic (exact) mass is 333 g/mol. The van der Waals surface area contributed by atoms with Crippen molar-refractivity contribution >= 4 is 29.2 Å². The summed E-state index contributed by atoms with van der Waals surface area (Å²) < 4.78 is 1.61. The van der Waals surface area contributed by atoms with Gasteiger partial charge in [0.2, 0.25) is 0 Å². The predicted octanol–water partition coefficient (Wildman–Crippen LogP) is 2.17. The molecule has 23 heavy (non-hydrogen) atoms. The van der Waals surface area contributed by atoms with Crippen LogP contribution in [0.3, 0.4) is 0 Å². The van der Waals surface area contributed by atoms with Crippen LogP contribution in [0.15, 0.2) is 35.7 Å². The number of thioether (sulfide) groups is 1. The van der Waals surface area contributed by atoms with E-state index in [9.17, 15) is 4.79 Å². The van der Waals surface area contributed by atoms with Gasteiger partial charge in [-0.05, 0) is 25.3 Å². The molecule has 7 nitrogen and oxygen atoms in total. The van der Waals surface area contributed by atoms with Gasteiger partial charge in [-0.3, -0.25) is 14.5 Å². The maximum absolute atomic E-state index is 12.4. The third-order valence-electron chi connectivity index (χ3n) is 3.24. The Kier molecular flexibility index (Phi) is 5.75. The van der Waals surface area contributed by atoms with E-state index in [0.29, 0.717) is 11.5 Å². The number of amides is 1. The van der Waals surface area contributed by atoms with E-state index in [1.54, 1.807) is 30.2 Å². The number of hydrogen-bond acceptors (Lipinski definition) is 6. The number of aromatic nitrogens is 3. The zero-order chi connectivity index (χ0) is 16.8. The third kappa shape index (κ3) is 4.10. The van der Waals surface area contributed by atoms with Crippen molar-refractivity contribution in [1.82, 2.24) is 14.8 Å². The number of oxime groups is 1. The van der Waals surface area contributed by atoms with Crippen molar-refractivity contribution in [3.05, 3.63) is 30.6 Å². The van der Waals surface area contributed by atoms with Crippen molar-refractivity contribution in [2.45, 2.75) is 12.2 Å². The molecule has 2 heterocycles. The SMILES string of the molecule is CON=C(C(=O)Nc1cc(-c2cccnc2)nn1C)C(C)SC. The van der Waals surface area contributed by atoms with Gasteiger partial charge in [-0.1, -0.05) is 5.16 Å². The Morgan fingerprint density at radius 3 is 2.91 bits per heavy atom. The van der Waals surface area contributed by atoms with Crippen molar-refractivity contribution < 1.29 is 9.63 Å². The number of carbonyl (C=O) groups excluding carboxylic acids is 1. The topological polar surface area (TPSA) is 81.4 Å². The number of hydrogen-bond donors (Lipinski definition) is 1. The number of anilines is 1. The van der Waals surface area contributed by atoms with Gasteiger partial charge in [-0.2, -0.15) is 16.9 Å². The Bertz CT molecular complexity index is 699. The van der Waals surface area contributed by atoms with Crippen LogP contribution < -0.4 is 5.32 Å². The minimum Gasteiger partial charge on any atom is -0.399 e. The highest BCUT2D eigenvalue weighted by molar-refractivity contribution is 8.00. The first-order valence-electron chi connectivity index (χ1n) is 6.96. The van der Waals surface area contributed by atoms with Crippen molar-refractivity contribution in [2.75, 3.05) is 18.7 Å². The van der Waals surface area contributed by atoms with Crippen LogP contribution in [0.4, 0.5) is 5.82 Å². The fourth-order valence-electron chi connectivity index (χ4n) is 1.93. The minimum atomic E-state index is -0.311. The molecular formula is C15H19N5O2S. The Balaban J connectivity index is 2.22. The molecule has 0 saturated carbocycles. The highest BCUT2D eigenvalue weighted by Crippen LogP contribution is 2.20. The fraction of sp³-hybridized carbons (Fsp3) is 0.333. The first-order chi connectivity index (χ1) is 11.1. The molecule has 1 unspecified atom stereocenters. The van der Waals surface area contributed by atoms with Crippen molar-refractivity contribution in [3.8, 4) is 11.3 Å². The zero-order valence-corrected chi connectivity index (χ0v) is 14.3. The Morgan fingerprint density at radius 2 is 2.30 bits per heavy atom. The van der Waals surface area contributed by atoms with Crippen LogP contribution in [-0.2, 0) is 16.7 Å². The summed E-state index contributed by atoms with van der Waals surface area (Å²) in [6.07, 6.45) is 5.33.